The highest BCUT2D eigenvalue weighted by Crippen LogP contribution is 2.19. The molecular weight excluding hydrogens is 389 g/mol. The van der Waals surface area contributed by atoms with Crippen LogP contribution in [0.2, 0.25) is 0 Å². The van der Waals surface area contributed by atoms with E-state index in [2.05, 4.69) is 26.3 Å². The predicted octanol–water partition coefficient (Wildman–Crippen LogP) is 1.15. The lowest BCUT2D eigenvalue weighted by Crippen LogP contribution is -2.38. The lowest BCUT2D eigenvalue weighted by molar-refractivity contribution is -0.122. The van der Waals surface area contributed by atoms with Gasteiger partial charge in [0.15, 0.2) is 0 Å². The molecule has 3 amide bonds. The van der Waals surface area contributed by atoms with Crippen molar-refractivity contribution in [1.29, 1.82) is 0 Å². The minimum atomic E-state index is -0.363. The highest BCUT2D eigenvalue weighted by atomic mass is 35.5. The number of hydrogen-bond donors (Lipinski definition) is 3. The minimum absolute atomic E-state index is 0. The van der Waals surface area contributed by atoms with Crippen LogP contribution >= 0.6 is 12.4 Å². The summed E-state index contributed by atoms with van der Waals surface area (Å²) >= 11 is 0. The van der Waals surface area contributed by atoms with Crippen LogP contribution in [0.25, 0.3) is 0 Å². The first kappa shape index (κ1) is 21.6. The molecule has 28 heavy (non-hydrogen) atoms. The van der Waals surface area contributed by atoms with E-state index in [1.807, 2.05) is 0 Å². The van der Waals surface area contributed by atoms with Gasteiger partial charge in [-0.1, -0.05) is 5.21 Å². The Kier molecular flexibility index (Phi) is 7.30. The van der Waals surface area contributed by atoms with E-state index in [4.69, 9.17) is 0 Å². The van der Waals surface area contributed by atoms with Crippen molar-refractivity contribution in [2.45, 2.75) is 25.0 Å². The number of hydrogen-bond acceptors (Lipinski definition) is 5. The van der Waals surface area contributed by atoms with Gasteiger partial charge in [-0.25, -0.2) is 13.9 Å². The fourth-order valence-electron chi connectivity index (χ4n) is 2.92. The molecule has 2 atom stereocenters. The fourth-order valence-corrected chi connectivity index (χ4v) is 2.92. The van der Waals surface area contributed by atoms with Crippen LogP contribution in [-0.4, -0.2) is 58.5 Å². The molecule has 3 rings (SSSR count). The van der Waals surface area contributed by atoms with Gasteiger partial charge in [-0.05, 0) is 30.7 Å². The third kappa shape index (κ3) is 5.17. The third-order valence-electron chi connectivity index (χ3n) is 4.44. The Morgan fingerprint density at radius 3 is 2.75 bits per heavy atom. The van der Waals surface area contributed by atoms with Crippen molar-refractivity contribution in [2.75, 3.05) is 26.0 Å². The van der Waals surface area contributed by atoms with Gasteiger partial charge in [-0.2, -0.15) is 0 Å². The van der Waals surface area contributed by atoms with E-state index in [1.54, 1.807) is 25.0 Å². The molecule has 0 spiro atoms. The zero-order valence-corrected chi connectivity index (χ0v) is 16.4. The van der Waals surface area contributed by atoms with Crippen molar-refractivity contribution in [3.8, 4) is 0 Å². The number of likely N-dealkylation sites (N-methyl/N-ethyl adjacent to an activating group) is 1. The molecule has 0 bridgehead atoms. The van der Waals surface area contributed by atoms with Crippen LogP contribution in [0.4, 0.5) is 14.9 Å². The summed E-state index contributed by atoms with van der Waals surface area (Å²) in [5.41, 5.74) is 1.14. The van der Waals surface area contributed by atoms with E-state index in [-0.39, 0.29) is 48.8 Å². The third-order valence-corrected chi connectivity index (χ3v) is 4.44. The topological polar surface area (TPSA) is 104 Å². The molecule has 0 saturated carbocycles. The number of carbonyl (C=O) groups is 2. The molecule has 3 N–H and O–H groups in total. The number of carbonyl (C=O) groups excluding carboxylic acids is 2. The number of nitrogens with one attached hydrogen (secondary N) is 3. The number of benzene rings is 1. The minimum Gasteiger partial charge on any atom is -0.358 e. The van der Waals surface area contributed by atoms with Crippen molar-refractivity contribution < 1.29 is 14.0 Å². The second-order valence-electron chi connectivity index (χ2n) is 6.45. The van der Waals surface area contributed by atoms with E-state index < -0.39 is 0 Å². The van der Waals surface area contributed by atoms with Crippen LogP contribution in [0.3, 0.4) is 0 Å². The van der Waals surface area contributed by atoms with E-state index in [1.165, 1.54) is 29.2 Å². The maximum atomic E-state index is 12.9. The Bertz CT molecular complexity index is 814. The molecule has 1 fully saturated rings. The first-order chi connectivity index (χ1) is 13.0. The first-order valence-electron chi connectivity index (χ1n) is 8.59. The predicted molar refractivity (Wildman–Crippen MR) is 104 cm³/mol. The van der Waals surface area contributed by atoms with Crippen molar-refractivity contribution in [2.24, 2.45) is 0 Å². The second kappa shape index (κ2) is 9.47. The summed E-state index contributed by atoms with van der Waals surface area (Å²) in [5, 5.41) is 16.7. The molecule has 9 nitrogen and oxygen atoms in total. The molecule has 1 aromatic heterocycles. The first-order valence-corrected chi connectivity index (χ1v) is 8.59. The Morgan fingerprint density at radius 1 is 1.36 bits per heavy atom. The van der Waals surface area contributed by atoms with Gasteiger partial charge < -0.3 is 20.9 Å². The quantitative estimate of drug-likeness (QED) is 0.684. The Labute approximate surface area is 168 Å². The highest BCUT2D eigenvalue weighted by molar-refractivity contribution is 5.89. The Balaban J connectivity index is 0.00000280. The number of urea groups is 1. The van der Waals surface area contributed by atoms with Crippen molar-refractivity contribution in [3.63, 3.8) is 0 Å². The van der Waals surface area contributed by atoms with Gasteiger partial charge in [-0.3, -0.25) is 4.79 Å². The van der Waals surface area contributed by atoms with Crippen LogP contribution in [0.5, 0.6) is 0 Å². The van der Waals surface area contributed by atoms with Gasteiger partial charge in [0, 0.05) is 26.3 Å². The SMILES string of the molecule is CNC(=O)[C@@H]1C[C@@H](n2cc(CN(C)C(=O)Nc3ccc(F)cc3)nn2)CN1.Cl. The molecule has 152 valence electrons. The average molecular weight is 412 g/mol. The van der Waals surface area contributed by atoms with Crippen LogP contribution in [-0.2, 0) is 11.3 Å². The van der Waals surface area contributed by atoms with Crippen LogP contribution < -0.4 is 16.0 Å². The molecule has 1 aromatic carbocycles. The highest BCUT2D eigenvalue weighted by Gasteiger charge is 2.30. The maximum Gasteiger partial charge on any atom is 0.321 e. The van der Waals surface area contributed by atoms with Crippen molar-refractivity contribution in [1.82, 2.24) is 30.5 Å². The lowest BCUT2D eigenvalue weighted by atomic mass is 10.1. The fraction of sp³-hybridized carbons (Fsp3) is 0.412. The standard InChI is InChI=1S/C17H22FN7O2.ClH/c1-19-16(26)15-7-14(8-20-15)25-10-13(22-23-25)9-24(2)17(27)21-12-5-3-11(18)4-6-12;/h3-6,10,14-15,20H,7-9H2,1-2H3,(H,19,26)(H,21,27);1H/t14-,15+;/m1./s1. The molecule has 2 heterocycles. The summed E-state index contributed by atoms with van der Waals surface area (Å²) in [4.78, 5) is 25.4. The number of aromatic nitrogens is 3. The van der Waals surface area contributed by atoms with Crippen molar-refractivity contribution >= 4 is 30.0 Å². The van der Waals surface area contributed by atoms with Gasteiger partial charge in [0.25, 0.3) is 0 Å². The summed E-state index contributed by atoms with van der Waals surface area (Å²) in [6.45, 7) is 0.897. The number of nitrogens with zero attached hydrogens (tertiary/aromatic N) is 4. The van der Waals surface area contributed by atoms with Gasteiger partial charge in [0.1, 0.15) is 11.5 Å². The van der Waals surface area contributed by atoms with Crippen molar-refractivity contribution in [3.05, 3.63) is 42.0 Å². The molecule has 2 aromatic rings. The molecule has 1 saturated heterocycles. The Morgan fingerprint density at radius 2 is 2.07 bits per heavy atom. The molecule has 11 heteroatoms. The summed E-state index contributed by atoms with van der Waals surface area (Å²) in [6.07, 6.45) is 2.41. The van der Waals surface area contributed by atoms with Gasteiger partial charge >= 0.3 is 6.03 Å². The number of halogens is 2. The molecule has 1 aliphatic rings. The smallest absolute Gasteiger partial charge is 0.321 e. The zero-order valence-electron chi connectivity index (χ0n) is 15.6. The van der Waals surface area contributed by atoms with Crippen LogP contribution in [0.15, 0.2) is 30.5 Å². The normalized spacial score (nSPS) is 18.2. The molecule has 0 radical (unpaired) electrons. The van der Waals surface area contributed by atoms with Gasteiger partial charge in [-0.15, -0.1) is 17.5 Å². The molecular formula is C17H23ClFN7O2. The lowest BCUT2D eigenvalue weighted by Gasteiger charge is -2.16. The van der Waals surface area contributed by atoms with Gasteiger partial charge in [0.2, 0.25) is 5.91 Å². The zero-order chi connectivity index (χ0) is 19.4. The average Bonchev–Trinajstić information content (AvgIpc) is 3.32. The monoisotopic (exact) mass is 411 g/mol. The second-order valence-corrected chi connectivity index (χ2v) is 6.45. The van der Waals surface area contributed by atoms with Crippen LogP contribution in [0, 0.1) is 5.82 Å². The van der Waals surface area contributed by atoms with E-state index in [0.29, 0.717) is 24.3 Å². The van der Waals surface area contributed by atoms with Crippen LogP contribution in [0.1, 0.15) is 18.2 Å². The summed E-state index contributed by atoms with van der Waals surface area (Å²) in [7, 11) is 3.24. The number of amides is 3. The summed E-state index contributed by atoms with van der Waals surface area (Å²) < 4.78 is 14.6. The van der Waals surface area contributed by atoms with E-state index >= 15 is 0 Å². The Hall–Kier alpha value is -2.72. The largest absolute Gasteiger partial charge is 0.358 e. The number of anilines is 1. The summed E-state index contributed by atoms with van der Waals surface area (Å²) in [5.74, 6) is -0.409. The van der Waals surface area contributed by atoms with E-state index in [0.717, 1.165) is 0 Å². The maximum absolute atomic E-state index is 12.9. The molecule has 0 unspecified atom stereocenters. The number of rotatable bonds is 5. The van der Waals surface area contributed by atoms with Gasteiger partial charge in [0.05, 0.1) is 24.8 Å². The summed E-state index contributed by atoms with van der Waals surface area (Å²) in [6, 6.07) is 5.01. The molecule has 0 aliphatic carbocycles. The molecule has 1 aliphatic heterocycles. The van der Waals surface area contributed by atoms with E-state index in [9.17, 15) is 14.0 Å².